The molecule has 2 aliphatic carbocycles. The molecule has 0 saturated heterocycles. The van der Waals surface area contributed by atoms with Gasteiger partial charge in [-0.15, -0.1) is 0 Å². The van der Waals surface area contributed by atoms with Crippen LogP contribution in [0.5, 0.6) is 0 Å². The van der Waals surface area contributed by atoms with E-state index in [2.05, 4.69) is 26.8 Å². The van der Waals surface area contributed by atoms with Gasteiger partial charge in [0.2, 0.25) is 0 Å². The summed E-state index contributed by atoms with van der Waals surface area (Å²) >= 11 is 0. The van der Waals surface area contributed by atoms with Gasteiger partial charge in [-0.3, -0.25) is 9.59 Å². The third-order valence-corrected chi connectivity index (χ3v) is 6.83. The Morgan fingerprint density at radius 3 is 2.70 bits per heavy atom. The average molecular weight is 318 g/mol. The quantitative estimate of drug-likeness (QED) is 0.451. The number of hydrogen-bond acceptors (Lipinski definition) is 2. The summed E-state index contributed by atoms with van der Waals surface area (Å²) in [5.41, 5.74) is 2.39. The van der Waals surface area contributed by atoms with Gasteiger partial charge in [0.1, 0.15) is 6.29 Å². The maximum absolute atomic E-state index is 11.9. The lowest BCUT2D eigenvalue weighted by atomic mass is 9.46. The predicted molar refractivity (Wildman–Crippen MR) is 92.1 cm³/mol. The minimum Gasteiger partial charge on any atom is -0.481 e. The molecule has 2 rings (SSSR count). The van der Waals surface area contributed by atoms with Crippen molar-refractivity contribution < 1.29 is 14.7 Å². The van der Waals surface area contributed by atoms with E-state index in [1.54, 1.807) is 6.08 Å². The predicted octanol–water partition coefficient (Wildman–Crippen LogP) is 4.78. The fraction of sp³-hybridized carbons (Fsp3) is 0.700. The molecule has 0 aromatic carbocycles. The molecule has 0 unspecified atom stereocenters. The number of carbonyl (C=O) groups excluding carboxylic acids is 1. The van der Waals surface area contributed by atoms with Crippen LogP contribution >= 0.6 is 0 Å². The number of aldehydes is 1. The molecular formula is C20H30O3. The van der Waals surface area contributed by atoms with Crippen molar-refractivity contribution in [2.24, 2.45) is 22.7 Å². The highest BCUT2D eigenvalue weighted by atomic mass is 16.4. The summed E-state index contributed by atoms with van der Waals surface area (Å²) in [6.45, 7) is 8.68. The number of fused-ring (bicyclic) bond motifs is 1. The number of carboxylic acids is 1. The molecule has 3 nitrogen and oxygen atoms in total. The molecule has 0 amide bonds. The SMILES string of the molecule is CC1=CCC[C@@H]2[C@@](C)(CC/C(C)=C\C=O)[C@H](C(=O)O)CC[C@@]12C. The number of rotatable bonds is 5. The first-order chi connectivity index (χ1) is 10.8. The third-order valence-electron chi connectivity index (χ3n) is 6.83. The van der Waals surface area contributed by atoms with Gasteiger partial charge in [0, 0.05) is 0 Å². The van der Waals surface area contributed by atoms with Gasteiger partial charge in [-0.2, -0.15) is 0 Å². The molecule has 3 heteroatoms. The van der Waals surface area contributed by atoms with Crippen LogP contribution in [0.25, 0.3) is 0 Å². The minimum atomic E-state index is -0.654. The van der Waals surface area contributed by atoms with E-state index >= 15 is 0 Å². The second-order valence-electron chi connectivity index (χ2n) is 8.02. The summed E-state index contributed by atoms with van der Waals surface area (Å²) in [6, 6.07) is 0. The summed E-state index contributed by atoms with van der Waals surface area (Å²) in [6.07, 6.45) is 10.3. The average Bonchev–Trinajstić information content (AvgIpc) is 2.47. The highest BCUT2D eigenvalue weighted by Crippen LogP contribution is 2.62. The summed E-state index contributed by atoms with van der Waals surface area (Å²) in [5, 5.41) is 9.80. The molecule has 4 atom stereocenters. The van der Waals surface area contributed by atoms with Crippen molar-refractivity contribution in [2.45, 2.75) is 66.2 Å². The molecule has 0 spiro atoms. The van der Waals surface area contributed by atoms with Crippen molar-refractivity contribution >= 4 is 12.3 Å². The lowest BCUT2D eigenvalue weighted by Gasteiger charge is -2.57. The van der Waals surface area contributed by atoms with E-state index in [1.165, 1.54) is 5.57 Å². The van der Waals surface area contributed by atoms with Gasteiger partial charge < -0.3 is 5.11 Å². The molecule has 0 aliphatic heterocycles. The molecule has 0 bridgehead atoms. The van der Waals surface area contributed by atoms with Crippen molar-refractivity contribution in [1.29, 1.82) is 0 Å². The molecule has 0 radical (unpaired) electrons. The van der Waals surface area contributed by atoms with Crippen molar-refractivity contribution in [3.8, 4) is 0 Å². The number of hydrogen-bond donors (Lipinski definition) is 1. The molecule has 2 aliphatic rings. The number of carbonyl (C=O) groups is 2. The van der Waals surface area contributed by atoms with Gasteiger partial charge in [0.05, 0.1) is 5.92 Å². The molecular weight excluding hydrogens is 288 g/mol. The van der Waals surface area contributed by atoms with Crippen LogP contribution in [0.4, 0.5) is 0 Å². The smallest absolute Gasteiger partial charge is 0.307 e. The molecule has 0 aromatic rings. The molecule has 0 aromatic heterocycles. The first-order valence-corrected chi connectivity index (χ1v) is 8.76. The fourth-order valence-corrected chi connectivity index (χ4v) is 5.16. The molecule has 1 N–H and O–H groups in total. The van der Waals surface area contributed by atoms with Crippen molar-refractivity contribution in [3.63, 3.8) is 0 Å². The second kappa shape index (κ2) is 6.62. The van der Waals surface area contributed by atoms with E-state index in [0.29, 0.717) is 5.92 Å². The van der Waals surface area contributed by atoms with Gasteiger partial charge in [-0.1, -0.05) is 31.1 Å². The van der Waals surface area contributed by atoms with Gasteiger partial charge in [-0.05, 0) is 75.2 Å². The van der Waals surface area contributed by atoms with Gasteiger partial charge in [-0.25, -0.2) is 0 Å². The normalized spacial score (nSPS) is 37.7. The van der Waals surface area contributed by atoms with Crippen LogP contribution in [0.15, 0.2) is 23.3 Å². The summed E-state index contributed by atoms with van der Waals surface area (Å²) < 4.78 is 0. The Hall–Kier alpha value is -1.38. The monoisotopic (exact) mass is 318 g/mol. The summed E-state index contributed by atoms with van der Waals surface area (Å²) in [5.74, 6) is -0.534. The van der Waals surface area contributed by atoms with Crippen molar-refractivity contribution in [3.05, 3.63) is 23.3 Å². The summed E-state index contributed by atoms with van der Waals surface area (Å²) in [4.78, 5) is 22.6. The third kappa shape index (κ3) is 3.15. The first-order valence-electron chi connectivity index (χ1n) is 8.76. The van der Waals surface area contributed by atoms with Crippen molar-refractivity contribution in [1.82, 2.24) is 0 Å². The Labute approximate surface area is 139 Å². The molecule has 1 fully saturated rings. The Bertz CT molecular complexity index is 545. The van der Waals surface area contributed by atoms with Crippen molar-refractivity contribution in [2.75, 3.05) is 0 Å². The maximum Gasteiger partial charge on any atom is 0.307 e. The zero-order valence-corrected chi connectivity index (χ0v) is 14.9. The van der Waals surface area contributed by atoms with Crippen LogP contribution in [-0.2, 0) is 9.59 Å². The van der Waals surface area contributed by atoms with E-state index in [1.807, 2.05) is 6.92 Å². The summed E-state index contributed by atoms with van der Waals surface area (Å²) in [7, 11) is 0. The van der Waals surface area contributed by atoms with E-state index in [0.717, 1.165) is 50.4 Å². The second-order valence-corrected chi connectivity index (χ2v) is 8.02. The molecule has 128 valence electrons. The number of allylic oxidation sites excluding steroid dienone is 4. The Morgan fingerprint density at radius 1 is 1.39 bits per heavy atom. The zero-order chi connectivity index (χ0) is 17.3. The van der Waals surface area contributed by atoms with Gasteiger partial charge >= 0.3 is 5.97 Å². The molecule has 1 saturated carbocycles. The Balaban J connectivity index is 2.35. The van der Waals surface area contributed by atoms with Crippen LogP contribution in [0.3, 0.4) is 0 Å². The molecule has 23 heavy (non-hydrogen) atoms. The largest absolute Gasteiger partial charge is 0.481 e. The Kier molecular flexibility index (Phi) is 5.17. The lowest BCUT2D eigenvalue weighted by Crippen LogP contribution is -2.52. The molecule has 0 heterocycles. The zero-order valence-electron chi connectivity index (χ0n) is 14.9. The standard InChI is InChI=1S/C20H30O3/c1-14(10-13-21)8-11-20(4)16(18(22)23)9-12-19(3)15(2)6-5-7-17(19)20/h6,10,13,16-17H,5,7-9,11-12H2,1-4H3,(H,22,23)/b14-10-/t16-,17-,19-,20-/m0/s1. The van der Waals surface area contributed by atoms with E-state index < -0.39 is 5.97 Å². The topological polar surface area (TPSA) is 54.4 Å². The van der Waals surface area contributed by atoms with Crippen LogP contribution in [0, 0.1) is 22.7 Å². The number of carboxylic acid groups (broad SMARTS) is 1. The van der Waals surface area contributed by atoms with Crippen LogP contribution in [-0.4, -0.2) is 17.4 Å². The van der Waals surface area contributed by atoms with Gasteiger partial charge in [0.15, 0.2) is 0 Å². The van der Waals surface area contributed by atoms with Crippen LogP contribution in [0.2, 0.25) is 0 Å². The van der Waals surface area contributed by atoms with Crippen LogP contribution in [0.1, 0.15) is 66.2 Å². The highest BCUT2D eigenvalue weighted by molar-refractivity contribution is 5.71. The van der Waals surface area contributed by atoms with E-state index in [4.69, 9.17) is 0 Å². The van der Waals surface area contributed by atoms with E-state index in [-0.39, 0.29) is 16.7 Å². The van der Waals surface area contributed by atoms with E-state index in [9.17, 15) is 14.7 Å². The number of aliphatic carboxylic acids is 1. The van der Waals surface area contributed by atoms with Crippen LogP contribution < -0.4 is 0 Å². The fourth-order valence-electron chi connectivity index (χ4n) is 5.16. The highest BCUT2D eigenvalue weighted by Gasteiger charge is 2.56. The minimum absolute atomic E-state index is 0.126. The van der Waals surface area contributed by atoms with Gasteiger partial charge in [0.25, 0.3) is 0 Å². The lowest BCUT2D eigenvalue weighted by molar-refractivity contribution is -0.156. The Morgan fingerprint density at radius 2 is 2.09 bits per heavy atom. The maximum atomic E-state index is 11.9. The first kappa shape index (κ1) is 18.0.